The van der Waals surface area contributed by atoms with Gasteiger partial charge in [0.25, 0.3) is 0 Å². The van der Waals surface area contributed by atoms with Crippen LogP contribution in [0, 0.1) is 0 Å². The average molecular weight is 573 g/mol. The Hall–Kier alpha value is -4.64. The number of para-hydroxylation sites is 2. The Kier molecular flexibility index (Phi) is 7.55. The van der Waals surface area contributed by atoms with Crippen LogP contribution in [0.3, 0.4) is 0 Å². The van der Waals surface area contributed by atoms with Crippen LogP contribution in [-0.4, -0.2) is 41.1 Å². The quantitative estimate of drug-likeness (QED) is 0.280. The zero-order chi connectivity index (χ0) is 29.2. The summed E-state index contributed by atoms with van der Waals surface area (Å²) >= 11 is 0. The lowest BCUT2D eigenvalue weighted by atomic mass is 9.91. The SMILES string of the molecule is CC1=CC(C)(C)Nc2cc(Oc3ccccc3)c(N(Cc3cn(CC(=O)Nc4ccccc4)nn3)S(C)(=O)=O)cc21. The van der Waals surface area contributed by atoms with Gasteiger partial charge in [-0.1, -0.05) is 47.7 Å². The van der Waals surface area contributed by atoms with Crippen molar-refractivity contribution in [2.75, 3.05) is 21.2 Å². The molecule has 0 saturated heterocycles. The molecule has 3 aromatic carbocycles. The van der Waals surface area contributed by atoms with Crippen LogP contribution < -0.4 is 19.7 Å². The van der Waals surface area contributed by atoms with Gasteiger partial charge in [-0.3, -0.25) is 9.10 Å². The number of hydrogen-bond acceptors (Lipinski definition) is 7. The van der Waals surface area contributed by atoms with Gasteiger partial charge in [0.15, 0.2) is 5.75 Å². The Morgan fingerprint density at radius 3 is 2.44 bits per heavy atom. The molecule has 41 heavy (non-hydrogen) atoms. The molecule has 0 radical (unpaired) electrons. The Bertz CT molecular complexity index is 1700. The van der Waals surface area contributed by atoms with Gasteiger partial charge in [0, 0.05) is 23.0 Å². The van der Waals surface area contributed by atoms with Crippen LogP contribution in [0.15, 0.2) is 85.1 Å². The minimum atomic E-state index is -3.80. The maximum absolute atomic E-state index is 13.2. The summed E-state index contributed by atoms with van der Waals surface area (Å²) in [5.74, 6) is 0.659. The first-order valence-electron chi connectivity index (χ1n) is 13.1. The van der Waals surface area contributed by atoms with Crippen LogP contribution in [0.1, 0.15) is 32.0 Å². The monoisotopic (exact) mass is 572 g/mol. The van der Waals surface area contributed by atoms with E-state index >= 15 is 0 Å². The maximum Gasteiger partial charge on any atom is 0.246 e. The van der Waals surface area contributed by atoms with Crippen molar-refractivity contribution in [1.29, 1.82) is 0 Å². The second-order valence-electron chi connectivity index (χ2n) is 10.5. The molecule has 2 N–H and O–H groups in total. The summed E-state index contributed by atoms with van der Waals surface area (Å²) in [6.07, 6.45) is 4.81. The smallest absolute Gasteiger partial charge is 0.246 e. The number of anilines is 3. The van der Waals surface area contributed by atoms with Crippen molar-refractivity contribution in [1.82, 2.24) is 15.0 Å². The molecule has 1 aliphatic heterocycles. The van der Waals surface area contributed by atoms with E-state index in [2.05, 4.69) is 40.9 Å². The van der Waals surface area contributed by atoms with Crippen molar-refractivity contribution >= 4 is 38.6 Å². The molecule has 10 nitrogen and oxygen atoms in total. The zero-order valence-electron chi connectivity index (χ0n) is 23.3. The number of benzene rings is 3. The number of aromatic nitrogens is 3. The molecule has 0 fully saturated rings. The van der Waals surface area contributed by atoms with Gasteiger partial charge in [-0.2, -0.15) is 0 Å². The maximum atomic E-state index is 13.2. The third-order valence-electron chi connectivity index (χ3n) is 6.45. The predicted octanol–water partition coefficient (Wildman–Crippen LogP) is 5.28. The molecule has 0 aliphatic carbocycles. The zero-order valence-corrected chi connectivity index (χ0v) is 24.1. The molecule has 1 amide bonds. The van der Waals surface area contributed by atoms with E-state index in [0.29, 0.717) is 28.6 Å². The summed E-state index contributed by atoms with van der Waals surface area (Å²) < 4.78 is 35.3. The van der Waals surface area contributed by atoms with Gasteiger partial charge in [-0.15, -0.1) is 5.10 Å². The lowest BCUT2D eigenvalue weighted by molar-refractivity contribution is -0.116. The number of nitrogens with one attached hydrogen (secondary N) is 2. The van der Waals surface area contributed by atoms with Gasteiger partial charge in [0.1, 0.15) is 18.0 Å². The fourth-order valence-corrected chi connectivity index (χ4v) is 5.64. The van der Waals surface area contributed by atoms with E-state index in [1.165, 1.54) is 8.99 Å². The minimum Gasteiger partial charge on any atom is -0.455 e. The molecule has 0 atom stereocenters. The highest BCUT2D eigenvalue weighted by molar-refractivity contribution is 7.92. The molecule has 2 heterocycles. The van der Waals surface area contributed by atoms with E-state index in [0.717, 1.165) is 23.1 Å². The number of fused-ring (bicyclic) bond motifs is 1. The van der Waals surface area contributed by atoms with Crippen molar-refractivity contribution < 1.29 is 17.9 Å². The van der Waals surface area contributed by atoms with Crippen molar-refractivity contribution in [2.45, 2.75) is 39.4 Å². The third-order valence-corrected chi connectivity index (χ3v) is 7.58. The van der Waals surface area contributed by atoms with Gasteiger partial charge in [0.05, 0.1) is 30.2 Å². The van der Waals surface area contributed by atoms with E-state index in [4.69, 9.17) is 4.74 Å². The van der Waals surface area contributed by atoms with E-state index < -0.39 is 10.0 Å². The standard InChI is InChI=1S/C30H32N6O4S/c1-21-17-30(2,3)32-26-16-28(40-24-13-9-6-10-14-24)27(15-25(21)26)36(41(4,38)39)19-23-18-35(34-33-23)20-29(37)31-22-11-7-5-8-12-22/h5-18,32H,19-20H2,1-4H3,(H,31,37). The number of carbonyl (C=O) groups is 1. The molecule has 1 aliphatic rings. The van der Waals surface area contributed by atoms with E-state index in [1.54, 1.807) is 18.3 Å². The highest BCUT2D eigenvalue weighted by Gasteiger charge is 2.29. The molecule has 0 bridgehead atoms. The molecule has 0 spiro atoms. The topological polar surface area (TPSA) is 118 Å². The van der Waals surface area contributed by atoms with E-state index in [1.807, 2.05) is 67.6 Å². The van der Waals surface area contributed by atoms with E-state index in [-0.39, 0.29) is 24.5 Å². The van der Waals surface area contributed by atoms with Crippen molar-refractivity contribution in [3.05, 3.63) is 96.3 Å². The molecule has 4 aromatic rings. The molecule has 0 unspecified atom stereocenters. The second-order valence-corrected chi connectivity index (χ2v) is 12.5. The summed E-state index contributed by atoms with van der Waals surface area (Å²) in [5, 5.41) is 14.5. The Labute approximate surface area is 239 Å². The molecule has 11 heteroatoms. The Balaban J connectivity index is 1.47. The van der Waals surface area contributed by atoms with Crippen molar-refractivity contribution in [3.8, 4) is 11.5 Å². The number of amides is 1. The normalized spacial score (nSPS) is 13.9. The summed E-state index contributed by atoms with van der Waals surface area (Å²) in [4.78, 5) is 12.5. The van der Waals surface area contributed by atoms with Crippen LogP contribution in [0.5, 0.6) is 11.5 Å². The van der Waals surface area contributed by atoms with Crippen LogP contribution in [-0.2, 0) is 27.9 Å². The number of allylic oxidation sites excluding steroid dienone is 1. The summed E-state index contributed by atoms with van der Waals surface area (Å²) in [5.41, 5.74) is 3.84. The van der Waals surface area contributed by atoms with Gasteiger partial charge >= 0.3 is 0 Å². The van der Waals surface area contributed by atoms with E-state index in [9.17, 15) is 13.2 Å². The Morgan fingerprint density at radius 2 is 1.76 bits per heavy atom. The number of hydrogen-bond donors (Lipinski definition) is 2. The molecular formula is C30H32N6O4S. The number of nitrogens with zero attached hydrogens (tertiary/aromatic N) is 4. The molecule has 0 saturated carbocycles. The summed E-state index contributed by atoms with van der Waals surface area (Å²) in [6, 6.07) is 21.9. The highest BCUT2D eigenvalue weighted by atomic mass is 32.2. The number of carbonyl (C=O) groups excluding carboxylic acids is 1. The fourth-order valence-electron chi connectivity index (χ4n) is 4.78. The lowest BCUT2D eigenvalue weighted by Crippen LogP contribution is -2.33. The van der Waals surface area contributed by atoms with Crippen molar-refractivity contribution in [2.24, 2.45) is 0 Å². The highest BCUT2D eigenvalue weighted by Crippen LogP contribution is 2.43. The number of sulfonamides is 1. The number of rotatable bonds is 9. The fraction of sp³-hybridized carbons (Fsp3) is 0.233. The lowest BCUT2D eigenvalue weighted by Gasteiger charge is -2.33. The van der Waals surface area contributed by atoms with Crippen LogP contribution in [0.2, 0.25) is 0 Å². The van der Waals surface area contributed by atoms with Crippen molar-refractivity contribution in [3.63, 3.8) is 0 Å². The third kappa shape index (κ3) is 6.75. The van der Waals surface area contributed by atoms with Crippen LogP contribution >= 0.6 is 0 Å². The van der Waals surface area contributed by atoms with Gasteiger partial charge in [0.2, 0.25) is 15.9 Å². The molecule has 5 rings (SSSR count). The Morgan fingerprint density at radius 1 is 1.07 bits per heavy atom. The molecule has 1 aromatic heterocycles. The first-order valence-corrected chi connectivity index (χ1v) is 14.9. The van der Waals surface area contributed by atoms with Gasteiger partial charge < -0.3 is 15.4 Å². The summed E-state index contributed by atoms with van der Waals surface area (Å²) in [7, 11) is -3.80. The van der Waals surface area contributed by atoms with Gasteiger partial charge in [-0.05, 0) is 56.7 Å². The minimum absolute atomic E-state index is 0.0760. The van der Waals surface area contributed by atoms with Gasteiger partial charge in [-0.25, -0.2) is 13.1 Å². The molecule has 212 valence electrons. The summed E-state index contributed by atoms with van der Waals surface area (Å²) in [6.45, 7) is 5.95. The number of ether oxygens (including phenoxy) is 1. The average Bonchev–Trinajstić information content (AvgIpc) is 3.34. The van der Waals surface area contributed by atoms with Crippen LogP contribution in [0.4, 0.5) is 17.1 Å². The molecular weight excluding hydrogens is 540 g/mol. The van der Waals surface area contributed by atoms with Crippen LogP contribution in [0.25, 0.3) is 5.57 Å². The predicted molar refractivity (Wildman–Crippen MR) is 160 cm³/mol. The second kappa shape index (κ2) is 11.1. The first-order chi connectivity index (χ1) is 19.5. The first kappa shape index (κ1) is 27.9. The largest absolute Gasteiger partial charge is 0.455 e.